The Labute approximate surface area is 110 Å². The average Bonchev–Trinajstić information content (AvgIpc) is 2.64. The van der Waals surface area contributed by atoms with Gasteiger partial charge in [0, 0.05) is 6.04 Å². The van der Waals surface area contributed by atoms with Crippen molar-refractivity contribution in [1.82, 2.24) is 9.80 Å². The molecule has 0 amide bonds. The van der Waals surface area contributed by atoms with Crippen molar-refractivity contribution in [3.63, 3.8) is 0 Å². The minimum absolute atomic E-state index is 0.231. The van der Waals surface area contributed by atoms with Gasteiger partial charge in [0.05, 0.1) is 0 Å². The van der Waals surface area contributed by atoms with Gasteiger partial charge in [-0.1, -0.05) is 19.8 Å². The van der Waals surface area contributed by atoms with E-state index in [0.29, 0.717) is 6.04 Å². The van der Waals surface area contributed by atoms with Gasteiger partial charge in [-0.05, 0) is 51.9 Å². The highest BCUT2D eigenvalue weighted by atomic mass is 16.4. The van der Waals surface area contributed by atoms with E-state index in [4.69, 9.17) is 0 Å². The van der Waals surface area contributed by atoms with Gasteiger partial charge in [-0.25, -0.2) is 0 Å². The van der Waals surface area contributed by atoms with Gasteiger partial charge in [0.25, 0.3) is 0 Å². The summed E-state index contributed by atoms with van der Waals surface area (Å²) in [5, 5.41) is 9.41. The lowest BCUT2D eigenvalue weighted by atomic mass is 10.00. The van der Waals surface area contributed by atoms with Gasteiger partial charge in [-0.2, -0.15) is 0 Å². The first kappa shape index (κ1) is 13.8. The Morgan fingerprint density at radius 1 is 1.11 bits per heavy atom. The van der Waals surface area contributed by atoms with E-state index < -0.39 is 5.97 Å². The molecular formula is C14H26N2O2. The van der Waals surface area contributed by atoms with Crippen molar-refractivity contribution >= 4 is 5.97 Å². The second-order valence-corrected chi connectivity index (χ2v) is 5.61. The monoisotopic (exact) mass is 254 g/mol. The van der Waals surface area contributed by atoms with Gasteiger partial charge < -0.3 is 10.0 Å². The normalized spacial score (nSPS) is 29.1. The molecule has 1 N–H and O–H groups in total. The fraction of sp³-hybridized carbons (Fsp3) is 0.929. The molecular weight excluding hydrogens is 228 g/mol. The zero-order chi connectivity index (χ0) is 13.0. The summed E-state index contributed by atoms with van der Waals surface area (Å²) in [5.74, 6) is -0.616. The lowest BCUT2D eigenvalue weighted by Gasteiger charge is -2.40. The molecule has 2 heterocycles. The number of carbonyl (C=O) groups is 1. The summed E-state index contributed by atoms with van der Waals surface area (Å²) in [4.78, 5) is 16.2. The third-order valence-corrected chi connectivity index (χ3v) is 4.55. The fourth-order valence-corrected chi connectivity index (χ4v) is 3.40. The van der Waals surface area contributed by atoms with E-state index in [1.807, 2.05) is 0 Å². The molecule has 18 heavy (non-hydrogen) atoms. The molecule has 104 valence electrons. The highest BCUT2D eigenvalue weighted by Crippen LogP contribution is 2.24. The van der Waals surface area contributed by atoms with Crippen LogP contribution >= 0.6 is 0 Å². The highest BCUT2D eigenvalue weighted by Gasteiger charge is 2.33. The van der Waals surface area contributed by atoms with Crippen molar-refractivity contribution in [3.8, 4) is 0 Å². The van der Waals surface area contributed by atoms with Gasteiger partial charge >= 0.3 is 5.97 Å². The van der Waals surface area contributed by atoms with Crippen LogP contribution < -0.4 is 0 Å². The summed E-state index contributed by atoms with van der Waals surface area (Å²) in [6.07, 6.45) is 6.53. The number of nitrogens with zero attached hydrogens (tertiary/aromatic N) is 2. The second-order valence-electron chi connectivity index (χ2n) is 5.61. The molecule has 0 saturated carbocycles. The predicted octanol–water partition coefficient (Wildman–Crippen LogP) is 1.80. The topological polar surface area (TPSA) is 43.8 Å². The number of hydrogen-bond donors (Lipinski definition) is 1. The highest BCUT2D eigenvalue weighted by molar-refractivity contribution is 5.73. The summed E-state index contributed by atoms with van der Waals surface area (Å²) in [6, 6.07) is 0.262. The smallest absolute Gasteiger partial charge is 0.320 e. The molecule has 0 aromatic heterocycles. The first-order valence-electron chi connectivity index (χ1n) is 7.43. The van der Waals surface area contributed by atoms with E-state index in [1.54, 1.807) is 0 Å². The molecule has 0 aromatic rings. The summed E-state index contributed by atoms with van der Waals surface area (Å²) < 4.78 is 0. The van der Waals surface area contributed by atoms with Gasteiger partial charge in [0.2, 0.25) is 0 Å². The quantitative estimate of drug-likeness (QED) is 0.834. The zero-order valence-corrected chi connectivity index (χ0v) is 11.5. The Morgan fingerprint density at radius 3 is 2.44 bits per heavy atom. The first-order valence-corrected chi connectivity index (χ1v) is 7.43. The number of hydrogen-bond acceptors (Lipinski definition) is 3. The maximum atomic E-state index is 11.4. The molecule has 2 rings (SSSR count). The Bertz CT molecular complexity index is 275. The number of piperidine rings is 1. The second kappa shape index (κ2) is 6.53. The van der Waals surface area contributed by atoms with E-state index in [1.165, 1.54) is 6.42 Å². The summed E-state index contributed by atoms with van der Waals surface area (Å²) in [5.41, 5.74) is 0. The zero-order valence-electron chi connectivity index (χ0n) is 11.5. The predicted molar refractivity (Wildman–Crippen MR) is 71.7 cm³/mol. The number of carboxylic acid groups (broad SMARTS) is 1. The van der Waals surface area contributed by atoms with Crippen LogP contribution in [-0.2, 0) is 4.79 Å². The van der Waals surface area contributed by atoms with Crippen LogP contribution in [-0.4, -0.2) is 59.1 Å². The molecule has 2 fully saturated rings. The number of rotatable bonds is 3. The van der Waals surface area contributed by atoms with Gasteiger partial charge in [0.1, 0.15) is 6.04 Å². The lowest BCUT2D eigenvalue weighted by molar-refractivity contribution is -0.144. The molecule has 0 aliphatic carbocycles. The van der Waals surface area contributed by atoms with E-state index in [0.717, 1.165) is 58.3 Å². The fourth-order valence-electron chi connectivity index (χ4n) is 3.40. The Hall–Kier alpha value is -0.610. The lowest BCUT2D eigenvalue weighted by Crippen LogP contribution is -2.51. The maximum Gasteiger partial charge on any atom is 0.320 e. The van der Waals surface area contributed by atoms with Crippen molar-refractivity contribution in [2.45, 2.75) is 57.5 Å². The number of carboxylic acids is 1. The minimum atomic E-state index is -0.616. The Balaban J connectivity index is 1.97. The van der Waals surface area contributed by atoms with E-state index in [9.17, 15) is 9.90 Å². The van der Waals surface area contributed by atoms with E-state index >= 15 is 0 Å². The minimum Gasteiger partial charge on any atom is -0.480 e. The maximum absolute atomic E-state index is 11.4. The Morgan fingerprint density at radius 2 is 1.83 bits per heavy atom. The Kier molecular flexibility index (Phi) is 5.01. The van der Waals surface area contributed by atoms with Crippen molar-refractivity contribution in [1.29, 1.82) is 0 Å². The summed E-state index contributed by atoms with van der Waals surface area (Å²) in [6.45, 7) is 6.56. The van der Waals surface area contributed by atoms with Crippen LogP contribution in [0.15, 0.2) is 0 Å². The van der Waals surface area contributed by atoms with Gasteiger partial charge in [-0.3, -0.25) is 9.69 Å². The van der Waals surface area contributed by atoms with Crippen molar-refractivity contribution in [2.24, 2.45) is 0 Å². The van der Waals surface area contributed by atoms with Crippen LogP contribution in [0.5, 0.6) is 0 Å². The molecule has 0 bridgehead atoms. The number of likely N-dealkylation sites (tertiary alicyclic amines) is 2. The van der Waals surface area contributed by atoms with Gasteiger partial charge in [-0.15, -0.1) is 0 Å². The molecule has 1 unspecified atom stereocenters. The average molecular weight is 254 g/mol. The van der Waals surface area contributed by atoms with E-state index in [-0.39, 0.29) is 6.04 Å². The molecule has 0 spiro atoms. The summed E-state index contributed by atoms with van der Waals surface area (Å²) >= 11 is 0. The first-order chi connectivity index (χ1) is 8.72. The van der Waals surface area contributed by atoms with Crippen molar-refractivity contribution in [3.05, 3.63) is 0 Å². The SMILES string of the molecule is CCN1CCC(N2CCCCCC2C(=O)O)CC1. The molecule has 2 aliphatic rings. The molecule has 4 heteroatoms. The molecule has 1 atom stereocenters. The largest absolute Gasteiger partial charge is 0.480 e. The van der Waals surface area contributed by atoms with Crippen LogP contribution in [0.1, 0.15) is 45.4 Å². The third kappa shape index (κ3) is 3.23. The third-order valence-electron chi connectivity index (χ3n) is 4.55. The van der Waals surface area contributed by atoms with Crippen molar-refractivity contribution < 1.29 is 9.90 Å². The van der Waals surface area contributed by atoms with Crippen LogP contribution in [0.25, 0.3) is 0 Å². The molecule has 0 radical (unpaired) electrons. The summed E-state index contributed by atoms with van der Waals surface area (Å²) in [7, 11) is 0. The molecule has 2 aliphatic heterocycles. The van der Waals surface area contributed by atoms with Crippen LogP contribution in [0.4, 0.5) is 0 Å². The van der Waals surface area contributed by atoms with Crippen LogP contribution in [0, 0.1) is 0 Å². The van der Waals surface area contributed by atoms with E-state index in [2.05, 4.69) is 16.7 Å². The van der Waals surface area contributed by atoms with Crippen LogP contribution in [0.2, 0.25) is 0 Å². The molecule has 0 aromatic carbocycles. The molecule has 4 nitrogen and oxygen atoms in total. The van der Waals surface area contributed by atoms with Crippen LogP contribution in [0.3, 0.4) is 0 Å². The standard InChI is InChI=1S/C14H26N2O2/c1-2-15-10-7-12(8-11-15)16-9-5-3-4-6-13(16)14(17)18/h12-13H,2-11H2,1H3,(H,17,18). The molecule has 2 saturated heterocycles. The van der Waals surface area contributed by atoms with Crippen molar-refractivity contribution in [2.75, 3.05) is 26.2 Å². The number of aliphatic carboxylic acids is 1. The van der Waals surface area contributed by atoms with Gasteiger partial charge in [0.15, 0.2) is 0 Å².